The number of benzene rings is 2. The maximum absolute atomic E-state index is 12.6. The minimum atomic E-state index is -3.69. The predicted molar refractivity (Wildman–Crippen MR) is 116 cm³/mol. The molecular weight excluding hydrogens is 390 g/mol. The molecule has 0 aliphatic heterocycles. The molecule has 0 atom stereocenters. The van der Waals surface area contributed by atoms with Crippen molar-refractivity contribution in [1.82, 2.24) is 5.32 Å². The van der Waals surface area contributed by atoms with Crippen molar-refractivity contribution in [3.8, 4) is 0 Å². The molecule has 0 aliphatic rings. The SMILES string of the molecule is C=CCNC(=O)c1ccccc1NC(=O)CN(c1ccc(C)c(C)c1)S(C)(=O)=O. The Balaban J connectivity index is 2.25. The Morgan fingerprint density at radius 1 is 1.10 bits per heavy atom. The second-order valence-corrected chi connectivity index (χ2v) is 8.54. The molecule has 0 fully saturated rings. The van der Waals surface area contributed by atoms with Crippen molar-refractivity contribution in [1.29, 1.82) is 0 Å². The van der Waals surface area contributed by atoms with Gasteiger partial charge in [0.05, 0.1) is 23.2 Å². The summed E-state index contributed by atoms with van der Waals surface area (Å²) in [6.45, 7) is 7.22. The number of amides is 2. The fourth-order valence-electron chi connectivity index (χ4n) is 2.65. The van der Waals surface area contributed by atoms with E-state index in [9.17, 15) is 18.0 Å². The van der Waals surface area contributed by atoms with Gasteiger partial charge in [-0.05, 0) is 49.2 Å². The van der Waals surface area contributed by atoms with Crippen LogP contribution >= 0.6 is 0 Å². The van der Waals surface area contributed by atoms with Crippen LogP contribution in [0.15, 0.2) is 55.1 Å². The molecule has 2 N–H and O–H groups in total. The fourth-order valence-corrected chi connectivity index (χ4v) is 3.50. The summed E-state index contributed by atoms with van der Waals surface area (Å²) in [6, 6.07) is 11.7. The molecule has 154 valence electrons. The summed E-state index contributed by atoms with van der Waals surface area (Å²) in [4.78, 5) is 24.9. The largest absolute Gasteiger partial charge is 0.349 e. The summed E-state index contributed by atoms with van der Waals surface area (Å²) >= 11 is 0. The van der Waals surface area contributed by atoms with E-state index in [0.717, 1.165) is 21.7 Å². The monoisotopic (exact) mass is 415 g/mol. The number of rotatable bonds is 8. The second-order valence-electron chi connectivity index (χ2n) is 6.63. The average molecular weight is 416 g/mol. The number of anilines is 2. The Kier molecular flexibility index (Phi) is 7.17. The van der Waals surface area contributed by atoms with Gasteiger partial charge in [0.2, 0.25) is 15.9 Å². The maximum atomic E-state index is 12.6. The van der Waals surface area contributed by atoms with Gasteiger partial charge in [0.25, 0.3) is 5.91 Å². The molecule has 2 rings (SSSR count). The topological polar surface area (TPSA) is 95.6 Å². The number of aryl methyl sites for hydroxylation is 2. The second kappa shape index (κ2) is 9.38. The first kappa shape index (κ1) is 22.2. The molecule has 0 aromatic heterocycles. The van der Waals surface area contributed by atoms with Crippen LogP contribution in [0.2, 0.25) is 0 Å². The van der Waals surface area contributed by atoms with Crippen LogP contribution in [-0.2, 0) is 14.8 Å². The molecule has 0 heterocycles. The summed E-state index contributed by atoms with van der Waals surface area (Å²) in [5.74, 6) is -0.924. The van der Waals surface area contributed by atoms with Crippen LogP contribution in [0.1, 0.15) is 21.5 Å². The minimum absolute atomic E-state index is 0.278. The molecule has 0 saturated heterocycles. The standard InChI is InChI=1S/C21H25N3O4S/c1-5-12-22-21(26)18-8-6-7-9-19(18)23-20(25)14-24(29(4,27)28)17-11-10-15(2)16(3)13-17/h5-11,13H,1,12,14H2,2-4H3,(H,22,26)(H,23,25). The maximum Gasteiger partial charge on any atom is 0.253 e. The van der Waals surface area contributed by atoms with Gasteiger partial charge in [-0.3, -0.25) is 13.9 Å². The molecular formula is C21H25N3O4S. The van der Waals surface area contributed by atoms with Crippen molar-refractivity contribution in [2.45, 2.75) is 13.8 Å². The zero-order valence-electron chi connectivity index (χ0n) is 16.7. The van der Waals surface area contributed by atoms with Crippen LogP contribution < -0.4 is 14.9 Å². The number of nitrogens with zero attached hydrogens (tertiary/aromatic N) is 1. The van der Waals surface area contributed by atoms with E-state index in [1.807, 2.05) is 13.8 Å². The van der Waals surface area contributed by atoms with E-state index in [1.54, 1.807) is 48.5 Å². The van der Waals surface area contributed by atoms with Gasteiger partial charge in [-0.15, -0.1) is 6.58 Å². The number of para-hydroxylation sites is 1. The average Bonchev–Trinajstić information content (AvgIpc) is 2.66. The highest BCUT2D eigenvalue weighted by molar-refractivity contribution is 7.92. The third-order valence-corrected chi connectivity index (χ3v) is 5.46. The van der Waals surface area contributed by atoms with Crippen LogP contribution in [0, 0.1) is 13.8 Å². The number of hydrogen-bond donors (Lipinski definition) is 2. The van der Waals surface area contributed by atoms with E-state index in [4.69, 9.17) is 0 Å². The molecule has 0 unspecified atom stereocenters. The molecule has 7 nitrogen and oxygen atoms in total. The Morgan fingerprint density at radius 3 is 2.41 bits per heavy atom. The summed E-state index contributed by atoms with van der Waals surface area (Å²) in [5.41, 5.74) is 2.92. The molecule has 0 bridgehead atoms. The van der Waals surface area contributed by atoms with Crippen LogP contribution in [0.5, 0.6) is 0 Å². The van der Waals surface area contributed by atoms with Crippen molar-refractivity contribution in [3.63, 3.8) is 0 Å². The Labute approximate surface area is 171 Å². The number of nitrogens with one attached hydrogen (secondary N) is 2. The lowest BCUT2D eigenvalue weighted by Crippen LogP contribution is -2.37. The van der Waals surface area contributed by atoms with Gasteiger partial charge in [-0.1, -0.05) is 24.3 Å². The summed E-state index contributed by atoms with van der Waals surface area (Å²) < 4.78 is 25.6. The van der Waals surface area contributed by atoms with Gasteiger partial charge in [0.1, 0.15) is 6.54 Å². The van der Waals surface area contributed by atoms with E-state index in [0.29, 0.717) is 11.4 Å². The molecule has 2 aromatic rings. The van der Waals surface area contributed by atoms with Crippen molar-refractivity contribution in [3.05, 3.63) is 71.8 Å². The Bertz CT molecular complexity index is 1030. The number of carbonyl (C=O) groups is 2. The molecule has 0 spiro atoms. The quantitative estimate of drug-likeness (QED) is 0.648. The predicted octanol–water partition coefficient (Wildman–Crippen LogP) is 2.62. The highest BCUT2D eigenvalue weighted by atomic mass is 32.2. The number of sulfonamides is 1. The van der Waals surface area contributed by atoms with Crippen LogP contribution in [-0.4, -0.2) is 39.6 Å². The van der Waals surface area contributed by atoms with Gasteiger partial charge in [0.15, 0.2) is 0 Å². The number of carbonyl (C=O) groups excluding carboxylic acids is 2. The molecule has 29 heavy (non-hydrogen) atoms. The van der Waals surface area contributed by atoms with Crippen molar-refractivity contribution in [2.75, 3.05) is 29.0 Å². The van der Waals surface area contributed by atoms with Gasteiger partial charge < -0.3 is 10.6 Å². The van der Waals surface area contributed by atoms with E-state index in [1.165, 1.54) is 0 Å². The first-order chi connectivity index (χ1) is 13.6. The van der Waals surface area contributed by atoms with Crippen molar-refractivity contribution < 1.29 is 18.0 Å². The molecule has 0 aliphatic carbocycles. The Hall–Kier alpha value is -3.13. The first-order valence-corrected chi connectivity index (χ1v) is 10.8. The lowest BCUT2D eigenvalue weighted by molar-refractivity contribution is -0.114. The van der Waals surface area contributed by atoms with E-state index < -0.39 is 22.5 Å². The summed E-state index contributed by atoms with van der Waals surface area (Å²) in [5, 5.41) is 5.28. The third-order valence-electron chi connectivity index (χ3n) is 4.32. The van der Waals surface area contributed by atoms with Gasteiger partial charge >= 0.3 is 0 Å². The van der Waals surface area contributed by atoms with Crippen LogP contribution in [0.4, 0.5) is 11.4 Å². The van der Waals surface area contributed by atoms with E-state index in [-0.39, 0.29) is 18.0 Å². The highest BCUT2D eigenvalue weighted by Crippen LogP contribution is 2.22. The smallest absolute Gasteiger partial charge is 0.253 e. The molecule has 0 saturated carbocycles. The molecule has 8 heteroatoms. The molecule has 0 radical (unpaired) electrons. The van der Waals surface area contributed by atoms with Gasteiger partial charge in [0, 0.05) is 6.54 Å². The normalized spacial score (nSPS) is 10.9. The zero-order valence-corrected chi connectivity index (χ0v) is 17.5. The van der Waals surface area contributed by atoms with Crippen LogP contribution in [0.25, 0.3) is 0 Å². The summed E-state index contributed by atoms with van der Waals surface area (Å²) in [6.07, 6.45) is 2.60. The summed E-state index contributed by atoms with van der Waals surface area (Å²) in [7, 11) is -3.69. The molecule has 2 aromatic carbocycles. The van der Waals surface area contributed by atoms with Crippen LogP contribution in [0.3, 0.4) is 0 Å². The third kappa shape index (κ3) is 5.92. The van der Waals surface area contributed by atoms with Crippen molar-refractivity contribution >= 4 is 33.2 Å². The highest BCUT2D eigenvalue weighted by Gasteiger charge is 2.22. The zero-order chi connectivity index (χ0) is 21.6. The van der Waals surface area contributed by atoms with Crippen molar-refractivity contribution in [2.24, 2.45) is 0 Å². The van der Waals surface area contributed by atoms with Gasteiger partial charge in [-0.25, -0.2) is 8.42 Å². The van der Waals surface area contributed by atoms with E-state index in [2.05, 4.69) is 17.2 Å². The fraction of sp³-hybridized carbons (Fsp3) is 0.238. The van der Waals surface area contributed by atoms with E-state index >= 15 is 0 Å². The van der Waals surface area contributed by atoms with Gasteiger partial charge in [-0.2, -0.15) is 0 Å². The number of hydrogen-bond acceptors (Lipinski definition) is 4. The lowest BCUT2D eigenvalue weighted by Gasteiger charge is -2.23. The minimum Gasteiger partial charge on any atom is -0.349 e. The molecule has 2 amide bonds. The Morgan fingerprint density at radius 2 is 1.79 bits per heavy atom. The lowest BCUT2D eigenvalue weighted by atomic mass is 10.1. The first-order valence-electron chi connectivity index (χ1n) is 8.96.